The molecule has 1 aliphatic heterocycles. The summed E-state index contributed by atoms with van der Waals surface area (Å²) in [6.45, 7) is 4.33. The zero-order valence-corrected chi connectivity index (χ0v) is 11.2. The molecule has 1 saturated carbocycles. The highest BCUT2D eigenvalue weighted by Crippen LogP contribution is 2.26. The van der Waals surface area contributed by atoms with Gasteiger partial charge in [0.15, 0.2) is 3.95 Å². The fourth-order valence-corrected chi connectivity index (χ4v) is 2.86. The standard InChI is InChI=1S/C10H16N4OS2/c16-10-14(7-13-3-5-15-6-4-13)12-9(17-10)11-8-1-2-8/h8H,1-7H2,(H,11,12). The first-order valence-corrected chi connectivity index (χ1v) is 7.18. The minimum atomic E-state index is 0.632. The summed E-state index contributed by atoms with van der Waals surface area (Å²) in [4.78, 5) is 2.32. The molecule has 0 spiro atoms. The van der Waals surface area contributed by atoms with Crippen LogP contribution in [0.4, 0.5) is 5.13 Å². The highest BCUT2D eigenvalue weighted by atomic mass is 32.1. The van der Waals surface area contributed by atoms with Crippen molar-refractivity contribution in [2.45, 2.75) is 25.6 Å². The van der Waals surface area contributed by atoms with Crippen LogP contribution in [0.2, 0.25) is 0 Å². The Morgan fingerprint density at radius 2 is 2.18 bits per heavy atom. The number of ether oxygens (including phenoxy) is 1. The number of anilines is 1. The molecule has 2 heterocycles. The number of morpholine rings is 1. The molecule has 1 aromatic heterocycles. The summed E-state index contributed by atoms with van der Waals surface area (Å²) < 4.78 is 8.09. The third kappa shape index (κ3) is 3.04. The minimum absolute atomic E-state index is 0.632. The van der Waals surface area contributed by atoms with Crippen molar-refractivity contribution >= 4 is 28.7 Å². The van der Waals surface area contributed by atoms with E-state index in [9.17, 15) is 0 Å². The maximum atomic E-state index is 5.34. The summed E-state index contributed by atoms with van der Waals surface area (Å²) in [5.74, 6) is 0. The molecule has 0 amide bonds. The molecule has 3 rings (SSSR count). The van der Waals surface area contributed by atoms with E-state index in [2.05, 4.69) is 15.3 Å². The third-order valence-electron chi connectivity index (χ3n) is 2.95. The lowest BCUT2D eigenvalue weighted by Gasteiger charge is -2.25. The number of hydrogen-bond acceptors (Lipinski definition) is 6. The van der Waals surface area contributed by atoms with Gasteiger partial charge in [-0.05, 0) is 25.1 Å². The first kappa shape index (κ1) is 11.6. The van der Waals surface area contributed by atoms with Crippen LogP contribution in [-0.2, 0) is 11.4 Å². The van der Waals surface area contributed by atoms with Crippen molar-refractivity contribution in [2.24, 2.45) is 0 Å². The summed E-state index contributed by atoms with van der Waals surface area (Å²) >= 11 is 6.90. The van der Waals surface area contributed by atoms with E-state index in [1.165, 1.54) is 12.8 Å². The van der Waals surface area contributed by atoms with Crippen LogP contribution in [0.15, 0.2) is 0 Å². The van der Waals surface area contributed by atoms with Gasteiger partial charge in [0.25, 0.3) is 0 Å². The quantitative estimate of drug-likeness (QED) is 0.842. The van der Waals surface area contributed by atoms with Crippen LogP contribution in [-0.4, -0.2) is 47.0 Å². The number of aromatic nitrogens is 2. The average molecular weight is 272 g/mol. The second kappa shape index (κ2) is 5.01. The van der Waals surface area contributed by atoms with E-state index in [-0.39, 0.29) is 0 Å². The van der Waals surface area contributed by atoms with Gasteiger partial charge < -0.3 is 10.1 Å². The first-order chi connectivity index (χ1) is 8.31. The van der Waals surface area contributed by atoms with Gasteiger partial charge in [-0.3, -0.25) is 4.90 Å². The van der Waals surface area contributed by atoms with E-state index in [1.54, 1.807) is 11.3 Å². The number of nitrogens with one attached hydrogen (secondary N) is 1. The predicted molar refractivity (Wildman–Crippen MR) is 70.0 cm³/mol. The Kier molecular flexibility index (Phi) is 3.41. The Balaban J connectivity index is 1.64. The SMILES string of the molecule is S=c1sc(NC2CC2)nn1CN1CCOCC1. The van der Waals surface area contributed by atoms with Crippen molar-refractivity contribution in [3.05, 3.63) is 3.95 Å². The molecule has 0 atom stereocenters. The van der Waals surface area contributed by atoms with Gasteiger partial charge >= 0.3 is 0 Å². The van der Waals surface area contributed by atoms with Gasteiger partial charge in [-0.2, -0.15) is 0 Å². The zero-order valence-electron chi connectivity index (χ0n) is 9.59. The molecule has 0 aromatic carbocycles. The fraction of sp³-hybridized carbons (Fsp3) is 0.800. The van der Waals surface area contributed by atoms with Gasteiger partial charge in [0.05, 0.1) is 19.9 Å². The molecule has 1 aliphatic carbocycles. The predicted octanol–water partition coefficient (Wildman–Crippen LogP) is 1.54. The van der Waals surface area contributed by atoms with Crippen molar-refractivity contribution in [3.8, 4) is 0 Å². The van der Waals surface area contributed by atoms with E-state index in [4.69, 9.17) is 17.0 Å². The third-order valence-corrected chi connectivity index (χ3v) is 4.19. The van der Waals surface area contributed by atoms with Crippen LogP contribution in [0, 0.1) is 3.95 Å². The minimum Gasteiger partial charge on any atom is -0.379 e. The van der Waals surface area contributed by atoms with E-state index < -0.39 is 0 Å². The van der Waals surface area contributed by atoms with Gasteiger partial charge in [-0.25, -0.2) is 4.68 Å². The van der Waals surface area contributed by atoms with E-state index in [0.717, 1.165) is 42.1 Å². The Hall–Kier alpha value is -0.500. The molecule has 5 nitrogen and oxygen atoms in total. The smallest absolute Gasteiger partial charge is 0.204 e. The van der Waals surface area contributed by atoms with Gasteiger partial charge in [0.1, 0.15) is 0 Å². The Bertz CT molecular complexity index is 434. The largest absolute Gasteiger partial charge is 0.379 e. The Labute approximate surface area is 109 Å². The van der Waals surface area contributed by atoms with Crippen LogP contribution in [0.3, 0.4) is 0 Å². The summed E-state index contributed by atoms with van der Waals surface area (Å²) in [7, 11) is 0. The summed E-state index contributed by atoms with van der Waals surface area (Å²) in [6, 6.07) is 0.632. The topological polar surface area (TPSA) is 42.3 Å². The molecular formula is C10H16N4OS2. The summed E-state index contributed by atoms with van der Waals surface area (Å²) in [5.41, 5.74) is 0. The fourth-order valence-electron chi connectivity index (χ4n) is 1.79. The lowest BCUT2D eigenvalue weighted by atomic mass is 10.4. The maximum Gasteiger partial charge on any atom is 0.204 e. The molecule has 1 saturated heterocycles. The Morgan fingerprint density at radius 1 is 1.41 bits per heavy atom. The maximum absolute atomic E-state index is 5.34. The van der Waals surface area contributed by atoms with Gasteiger partial charge in [-0.15, -0.1) is 5.10 Å². The van der Waals surface area contributed by atoms with Crippen LogP contribution >= 0.6 is 23.6 Å². The zero-order chi connectivity index (χ0) is 11.7. The average Bonchev–Trinajstić information content (AvgIpc) is 3.07. The highest BCUT2D eigenvalue weighted by molar-refractivity contribution is 7.73. The molecule has 0 bridgehead atoms. The normalized spacial score (nSPS) is 21.6. The van der Waals surface area contributed by atoms with Gasteiger partial charge in [0, 0.05) is 19.1 Å². The lowest BCUT2D eigenvalue weighted by Crippen LogP contribution is -2.37. The van der Waals surface area contributed by atoms with Crippen LogP contribution < -0.4 is 5.32 Å². The van der Waals surface area contributed by atoms with Crippen molar-refractivity contribution < 1.29 is 4.74 Å². The molecule has 1 aromatic rings. The molecule has 0 radical (unpaired) electrons. The number of nitrogens with zero attached hydrogens (tertiary/aromatic N) is 3. The van der Waals surface area contributed by atoms with E-state index in [0.29, 0.717) is 6.04 Å². The van der Waals surface area contributed by atoms with Gasteiger partial charge in [-0.1, -0.05) is 11.3 Å². The molecule has 1 N–H and O–H groups in total. The van der Waals surface area contributed by atoms with Crippen molar-refractivity contribution in [1.82, 2.24) is 14.7 Å². The number of rotatable bonds is 4. The molecule has 94 valence electrons. The van der Waals surface area contributed by atoms with Crippen LogP contribution in [0.25, 0.3) is 0 Å². The highest BCUT2D eigenvalue weighted by Gasteiger charge is 2.22. The van der Waals surface area contributed by atoms with Crippen molar-refractivity contribution in [1.29, 1.82) is 0 Å². The summed E-state index contributed by atoms with van der Waals surface area (Å²) in [5, 5.41) is 8.88. The van der Waals surface area contributed by atoms with E-state index >= 15 is 0 Å². The van der Waals surface area contributed by atoms with Crippen LogP contribution in [0.5, 0.6) is 0 Å². The van der Waals surface area contributed by atoms with Crippen molar-refractivity contribution in [3.63, 3.8) is 0 Å². The summed E-state index contributed by atoms with van der Waals surface area (Å²) in [6.07, 6.45) is 2.52. The number of hydrogen-bond donors (Lipinski definition) is 1. The molecule has 2 aliphatic rings. The van der Waals surface area contributed by atoms with Crippen LogP contribution in [0.1, 0.15) is 12.8 Å². The molecule has 2 fully saturated rings. The van der Waals surface area contributed by atoms with Crippen molar-refractivity contribution in [2.75, 3.05) is 31.6 Å². The molecule has 17 heavy (non-hydrogen) atoms. The molecule has 7 heteroatoms. The monoisotopic (exact) mass is 272 g/mol. The molecule has 0 unspecified atom stereocenters. The first-order valence-electron chi connectivity index (χ1n) is 5.96. The van der Waals surface area contributed by atoms with E-state index in [1.807, 2.05) is 4.68 Å². The molecular weight excluding hydrogens is 256 g/mol. The Morgan fingerprint density at radius 3 is 2.88 bits per heavy atom. The second-order valence-electron chi connectivity index (χ2n) is 4.46. The second-order valence-corrected chi connectivity index (χ2v) is 6.09. The van der Waals surface area contributed by atoms with Gasteiger partial charge in [0.2, 0.25) is 5.13 Å². The lowest BCUT2D eigenvalue weighted by molar-refractivity contribution is 0.0212.